The van der Waals surface area contributed by atoms with E-state index in [2.05, 4.69) is 16.1 Å². The number of aliphatic imine (C=N–C) groups is 1. The van der Waals surface area contributed by atoms with Crippen molar-refractivity contribution in [2.24, 2.45) is 10.7 Å². The van der Waals surface area contributed by atoms with Gasteiger partial charge in [0, 0.05) is 12.7 Å². The Morgan fingerprint density at radius 2 is 2.50 bits per heavy atom. The van der Waals surface area contributed by atoms with E-state index < -0.39 is 0 Å². The standard InChI is InChI=1S/C9H13N3/c10-5-4-8-7-12-6-2-1-3-9(12)11-8/h1-3,6,8H,4-5,7,10H2/t8-/m0/s1. The molecule has 2 N–H and O–H groups in total. The molecular weight excluding hydrogens is 150 g/mol. The van der Waals surface area contributed by atoms with E-state index in [0.717, 1.165) is 25.3 Å². The first-order valence-corrected chi connectivity index (χ1v) is 4.29. The Labute approximate surface area is 72.3 Å². The fourth-order valence-electron chi connectivity index (χ4n) is 1.54. The molecule has 2 rings (SSSR count). The van der Waals surface area contributed by atoms with Crippen LogP contribution in [0.3, 0.4) is 0 Å². The zero-order valence-electron chi connectivity index (χ0n) is 6.98. The van der Waals surface area contributed by atoms with Crippen molar-refractivity contribution >= 4 is 5.84 Å². The molecule has 0 aromatic heterocycles. The van der Waals surface area contributed by atoms with Gasteiger partial charge in [-0.1, -0.05) is 6.08 Å². The van der Waals surface area contributed by atoms with Crippen LogP contribution < -0.4 is 5.73 Å². The Balaban J connectivity index is 2.07. The van der Waals surface area contributed by atoms with Crippen LogP contribution >= 0.6 is 0 Å². The van der Waals surface area contributed by atoms with Crippen molar-refractivity contribution in [2.75, 3.05) is 13.1 Å². The zero-order valence-corrected chi connectivity index (χ0v) is 6.98. The molecule has 0 aromatic rings. The number of rotatable bonds is 2. The first-order chi connectivity index (χ1) is 5.90. The molecule has 0 radical (unpaired) electrons. The molecule has 0 saturated carbocycles. The Morgan fingerprint density at radius 1 is 1.58 bits per heavy atom. The van der Waals surface area contributed by atoms with Crippen LogP contribution in [0.2, 0.25) is 0 Å². The number of hydrogen-bond acceptors (Lipinski definition) is 3. The van der Waals surface area contributed by atoms with Crippen molar-refractivity contribution in [3.8, 4) is 0 Å². The summed E-state index contributed by atoms with van der Waals surface area (Å²) in [4.78, 5) is 6.69. The minimum atomic E-state index is 0.400. The number of fused-ring (bicyclic) bond motifs is 1. The molecule has 2 aliphatic rings. The fourth-order valence-corrected chi connectivity index (χ4v) is 1.54. The quantitative estimate of drug-likeness (QED) is 0.644. The van der Waals surface area contributed by atoms with Crippen LogP contribution in [0.4, 0.5) is 0 Å². The summed E-state index contributed by atoms with van der Waals surface area (Å²) in [6, 6.07) is 0.400. The summed E-state index contributed by atoms with van der Waals surface area (Å²) in [5, 5.41) is 0. The maximum Gasteiger partial charge on any atom is 0.127 e. The number of allylic oxidation sites excluding steroid dienone is 2. The Bertz CT molecular complexity index is 252. The lowest BCUT2D eigenvalue weighted by atomic mass is 10.2. The van der Waals surface area contributed by atoms with Crippen LogP contribution in [-0.2, 0) is 0 Å². The number of nitrogens with two attached hydrogens (primary N) is 1. The third-order valence-electron chi connectivity index (χ3n) is 2.14. The minimum Gasteiger partial charge on any atom is -0.331 e. The van der Waals surface area contributed by atoms with Gasteiger partial charge in [-0.25, -0.2) is 0 Å². The van der Waals surface area contributed by atoms with Gasteiger partial charge in [0.1, 0.15) is 5.84 Å². The second-order valence-corrected chi connectivity index (χ2v) is 3.07. The van der Waals surface area contributed by atoms with Crippen molar-refractivity contribution in [1.82, 2.24) is 4.90 Å². The van der Waals surface area contributed by atoms with Crippen molar-refractivity contribution in [2.45, 2.75) is 12.5 Å². The van der Waals surface area contributed by atoms with E-state index in [9.17, 15) is 0 Å². The number of nitrogens with zero attached hydrogens (tertiary/aromatic N) is 2. The molecule has 0 bridgehead atoms. The molecule has 2 aliphatic heterocycles. The van der Waals surface area contributed by atoms with Crippen LogP contribution in [0.1, 0.15) is 6.42 Å². The van der Waals surface area contributed by atoms with Gasteiger partial charge < -0.3 is 10.6 Å². The van der Waals surface area contributed by atoms with E-state index in [0.29, 0.717) is 6.04 Å². The molecule has 12 heavy (non-hydrogen) atoms. The number of hydrogen-bond donors (Lipinski definition) is 1. The van der Waals surface area contributed by atoms with E-state index in [-0.39, 0.29) is 0 Å². The summed E-state index contributed by atoms with van der Waals surface area (Å²) >= 11 is 0. The molecule has 0 spiro atoms. The largest absolute Gasteiger partial charge is 0.331 e. The normalized spacial score (nSPS) is 25.9. The summed E-state index contributed by atoms with van der Waals surface area (Å²) in [5.41, 5.74) is 5.47. The highest BCUT2D eigenvalue weighted by molar-refractivity contribution is 5.96. The smallest absolute Gasteiger partial charge is 0.127 e. The highest BCUT2D eigenvalue weighted by Gasteiger charge is 2.21. The second kappa shape index (κ2) is 3.11. The van der Waals surface area contributed by atoms with E-state index in [4.69, 9.17) is 5.73 Å². The summed E-state index contributed by atoms with van der Waals surface area (Å²) in [7, 11) is 0. The third kappa shape index (κ3) is 1.28. The molecule has 2 heterocycles. The SMILES string of the molecule is NCC[C@H]1CN2C=CC=CC2=N1. The van der Waals surface area contributed by atoms with E-state index in [1.54, 1.807) is 0 Å². The van der Waals surface area contributed by atoms with Crippen LogP contribution in [0, 0.1) is 0 Å². The molecule has 0 fully saturated rings. The lowest BCUT2D eigenvalue weighted by molar-refractivity contribution is 0.519. The van der Waals surface area contributed by atoms with E-state index in [1.165, 1.54) is 0 Å². The molecule has 0 aromatic carbocycles. The molecule has 64 valence electrons. The fraction of sp³-hybridized carbons (Fsp3) is 0.444. The highest BCUT2D eigenvalue weighted by Crippen LogP contribution is 2.15. The summed E-state index contributed by atoms with van der Waals surface area (Å²) in [5.74, 6) is 1.08. The van der Waals surface area contributed by atoms with Crippen LogP contribution in [0.25, 0.3) is 0 Å². The van der Waals surface area contributed by atoms with Gasteiger partial charge in [-0.05, 0) is 25.1 Å². The van der Waals surface area contributed by atoms with Gasteiger partial charge in [-0.3, -0.25) is 4.99 Å². The van der Waals surface area contributed by atoms with Crippen LogP contribution in [0.5, 0.6) is 0 Å². The van der Waals surface area contributed by atoms with Crippen molar-refractivity contribution in [3.05, 3.63) is 24.4 Å². The zero-order chi connectivity index (χ0) is 8.39. The summed E-state index contributed by atoms with van der Waals surface area (Å²) < 4.78 is 0. The maximum absolute atomic E-state index is 5.47. The molecule has 0 saturated heterocycles. The topological polar surface area (TPSA) is 41.6 Å². The van der Waals surface area contributed by atoms with Gasteiger partial charge in [-0.15, -0.1) is 0 Å². The Hall–Kier alpha value is -1.09. The number of amidine groups is 1. The first kappa shape index (κ1) is 7.55. The van der Waals surface area contributed by atoms with Crippen molar-refractivity contribution < 1.29 is 0 Å². The molecule has 3 heteroatoms. The second-order valence-electron chi connectivity index (χ2n) is 3.07. The van der Waals surface area contributed by atoms with E-state index in [1.807, 2.05) is 18.2 Å². The molecule has 1 atom stereocenters. The van der Waals surface area contributed by atoms with E-state index >= 15 is 0 Å². The highest BCUT2D eigenvalue weighted by atomic mass is 15.2. The monoisotopic (exact) mass is 163 g/mol. The van der Waals surface area contributed by atoms with Gasteiger partial charge >= 0.3 is 0 Å². The van der Waals surface area contributed by atoms with Gasteiger partial charge in [0.05, 0.1) is 6.04 Å². The van der Waals surface area contributed by atoms with Gasteiger partial charge in [0.2, 0.25) is 0 Å². The molecule has 0 unspecified atom stereocenters. The van der Waals surface area contributed by atoms with Gasteiger partial charge in [-0.2, -0.15) is 0 Å². The van der Waals surface area contributed by atoms with Crippen LogP contribution in [-0.4, -0.2) is 29.9 Å². The third-order valence-corrected chi connectivity index (χ3v) is 2.14. The van der Waals surface area contributed by atoms with Gasteiger partial charge in [0.15, 0.2) is 0 Å². The molecule has 0 amide bonds. The summed E-state index contributed by atoms with van der Waals surface area (Å²) in [6.45, 7) is 1.72. The predicted molar refractivity (Wildman–Crippen MR) is 49.9 cm³/mol. The molecule has 0 aliphatic carbocycles. The minimum absolute atomic E-state index is 0.400. The van der Waals surface area contributed by atoms with Gasteiger partial charge in [0.25, 0.3) is 0 Å². The molecule has 3 nitrogen and oxygen atoms in total. The first-order valence-electron chi connectivity index (χ1n) is 4.29. The Morgan fingerprint density at radius 3 is 3.25 bits per heavy atom. The van der Waals surface area contributed by atoms with Crippen molar-refractivity contribution in [1.29, 1.82) is 0 Å². The average molecular weight is 163 g/mol. The molecular formula is C9H13N3. The predicted octanol–water partition coefficient (Wildman–Crippen LogP) is 0.501. The van der Waals surface area contributed by atoms with Crippen molar-refractivity contribution in [3.63, 3.8) is 0 Å². The van der Waals surface area contributed by atoms with Crippen LogP contribution in [0.15, 0.2) is 29.4 Å². The Kier molecular flexibility index (Phi) is 1.96. The maximum atomic E-state index is 5.47. The lowest BCUT2D eigenvalue weighted by Crippen LogP contribution is -2.24. The lowest BCUT2D eigenvalue weighted by Gasteiger charge is -2.15. The summed E-state index contributed by atoms with van der Waals surface area (Å²) in [6.07, 6.45) is 9.14. The average Bonchev–Trinajstić information content (AvgIpc) is 2.47.